The molecule has 1 aromatic carbocycles. The second-order valence-electron chi connectivity index (χ2n) is 2.75. The van der Waals surface area contributed by atoms with Crippen LogP contribution in [0, 0.1) is 5.82 Å². The smallest absolute Gasteiger partial charge is 0.403 e. The fourth-order valence-electron chi connectivity index (χ4n) is 1.14. The highest BCUT2D eigenvalue weighted by Gasteiger charge is 2.32. The Morgan fingerprint density at radius 3 is 2.67 bits per heavy atom. The van der Waals surface area contributed by atoms with Crippen LogP contribution in [0.15, 0.2) is 18.5 Å². The number of hydrogen-bond acceptors (Lipinski definition) is 2. The van der Waals surface area contributed by atoms with E-state index in [1.165, 1.54) is 6.33 Å². The van der Waals surface area contributed by atoms with Crippen LogP contribution in [0.2, 0.25) is 0 Å². The van der Waals surface area contributed by atoms with E-state index in [-0.39, 0.29) is 5.52 Å². The van der Waals surface area contributed by atoms with E-state index in [9.17, 15) is 17.6 Å². The predicted molar refractivity (Wildman–Crippen MR) is 42.7 cm³/mol. The highest BCUT2D eigenvalue weighted by molar-refractivity contribution is 5.76. The zero-order valence-electron chi connectivity index (χ0n) is 7.10. The number of benzene rings is 1. The number of rotatable bonds is 1. The van der Waals surface area contributed by atoms with E-state index in [4.69, 9.17) is 0 Å². The van der Waals surface area contributed by atoms with Crippen molar-refractivity contribution in [3.05, 3.63) is 24.3 Å². The first-order chi connectivity index (χ1) is 6.96. The molecule has 1 heterocycles. The van der Waals surface area contributed by atoms with Crippen LogP contribution in [0.4, 0.5) is 17.6 Å². The van der Waals surface area contributed by atoms with Crippen LogP contribution in [0.3, 0.4) is 0 Å². The van der Waals surface area contributed by atoms with Gasteiger partial charge in [0.1, 0.15) is 0 Å². The molecule has 2 aromatic rings. The van der Waals surface area contributed by atoms with Crippen LogP contribution in [0.5, 0.6) is 5.75 Å². The minimum Gasteiger partial charge on any atom is -0.403 e. The summed E-state index contributed by atoms with van der Waals surface area (Å²) in [5.74, 6) is -1.98. The first kappa shape index (κ1) is 9.75. The number of ether oxygens (including phenoxy) is 1. The van der Waals surface area contributed by atoms with Gasteiger partial charge in [0.2, 0.25) is 0 Å². The van der Waals surface area contributed by atoms with Gasteiger partial charge in [0.25, 0.3) is 0 Å². The zero-order valence-corrected chi connectivity index (χ0v) is 7.10. The summed E-state index contributed by atoms with van der Waals surface area (Å²) in [6.07, 6.45) is -3.66. The third-order valence-electron chi connectivity index (χ3n) is 1.70. The molecule has 0 saturated carbocycles. The molecule has 0 fully saturated rings. The monoisotopic (exact) mass is 220 g/mol. The largest absolute Gasteiger partial charge is 0.573 e. The van der Waals surface area contributed by atoms with E-state index in [2.05, 4.69) is 14.7 Å². The molecule has 0 spiro atoms. The van der Waals surface area contributed by atoms with Gasteiger partial charge in [-0.3, -0.25) is 0 Å². The Morgan fingerprint density at radius 2 is 2.00 bits per heavy atom. The predicted octanol–water partition coefficient (Wildman–Crippen LogP) is 2.60. The van der Waals surface area contributed by atoms with Crippen LogP contribution in [0.1, 0.15) is 0 Å². The molecular weight excluding hydrogens is 216 g/mol. The average Bonchev–Trinajstić information content (AvgIpc) is 2.49. The van der Waals surface area contributed by atoms with Crippen LogP contribution in [0.25, 0.3) is 11.0 Å². The number of aromatic amines is 1. The zero-order chi connectivity index (χ0) is 11.1. The summed E-state index contributed by atoms with van der Waals surface area (Å²) < 4.78 is 52.0. The molecule has 80 valence electrons. The summed E-state index contributed by atoms with van der Waals surface area (Å²) in [5, 5.41) is 0. The number of halogens is 4. The lowest BCUT2D eigenvalue weighted by Gasteiger charge is -2.09. The van der Waals surface area contributed by atoms with Crippen molar-refractivity contribution in [2.24, 2.45) is 0 Å². The van der Waals surface area contributed by atoms with Crippen molar-refractivity contribution in [3.63, 3.8) is 0 Å². The summed E-state index contributed by atoms with van der Waals surface area (Å²) in [6.45, 7) is 0. The summed E-state index contributed by atoms with van der Waals surface area (Å²) in [5.41, 5.74) is 0.512. The molecule has 7 heteroatoms. The minimum atomic E-state index is -4.91. The quantitative estimate of drug-likeness (QED) is 0.750. The van der Waals surface area contributed by atoms with Gasteiger partial charge in [-0.05, 0) is 0 Å². The number of alkyl halides is 3. The summed E-state index contributed by atoms with van der Waals surface area (Å²) in [7, 11) is 0. The Morgan fingerprint density at radius 1 is 1.27 bits per heavy atom. The number of fused-ring (bicyclic) bond motifs is 1. The van der Waals surface area contributed by atoms with Gasteiger partial charge in [-0.25, -0.2) is 9.37 Å². The molecule has 15 heavy (non-hydrogen) atoms. The molecule has 3 nitrogen and oxygen atoms in total. The topological polar surface area (TPSA) is 37.9 Å². The van der Waals surface area contributed by atoms with Gasteiger partial charge in [0.15, 0.2) is 11.6 Å². The molecule has 0 atom stereocenters. The lowest BCUT2D eigenvalue weighted by molar-refractivity contribution is -0.275. The summed E-state index contributed by atoms with van der Waals surface area (Å²) in [6, 6.07) is 1.78. The summed E-state index contributed by atoms with van der Waals surface area (Å²) in [4.78, 5) is 6.24. The second-order valence-corrected chi connectivity index (χ2v) is 2.75. The Hall–Kier alpha value is -1.79. The highest BCUT2D eigenvalue weighted by Crippen LogP contribution is 2.28. The molecule has 0 bridgehead atoms. The minimum absolute atomic E-state index is 0.204. The molecule has 0 aliphatic heterocycles. The van der Waals surface area contributed by atoms with Gasteiger partial charge in [-0.15, -0.1) is 13.2 Å². The Bertz CT molecular complexity index is 491. The highest BCUT2D eigenvalue weighted by atomic mass is 19.4. The van der Waals surface area contributed by atoms with Crippen molar-refractivity contribution in [1.29, 1.82) is 0 Å². The van der Waals surface area contributed by atoms with Crippen molar-refractivity contribution in [2.75, 3.05) is 0 Å². The summed E-state index contributed by atoms with van der Waals surface area (Å²) >= 11 is 0. The molecule has 2 rings (SSSR count). The number of imidazole rings is 1. The molecule has 1 N–H and O–H groups in total. The number of H-pyrrole nitrogens is 1. The third-order valence-corrected chi connectivity index (χ3v) is 1.70. The van der Waals surface area contributed by atoms with Crippen LogP contribution in [-0.2, 0) is 0 Å². The number of aromatic nitrogens is 2. The molecule has 0 unspecified atom stereocenters. The number of nitrogens with one attached hydrogen (secondary N) is 1. The van der Waals surface area contributed by atoms with E-state index >= 15 is 0 Å². The van der Waals surface area contributed by atoms with E-state index in [1.54, 1.807) is 0 Å². The molecule has 0 saturated heterocycles. The van der Waals surface area contributed by atoms with Gasteiger partial charge in [0, 0.05) is 12.1 Å². The number of nitrogens with zero attached hydrogens (tertiary/aromatic N) is 1. The van der Waals surface area contributed by atoms with Crippen molar-refractivity contribution >= 4 is 11.0 Å². The Balaban J connectivity index is 2.46. The Kier molecular flexibility index (Phi) is 2.02. The standard InChI is InChI=1S/C8H4F4N2O/c9-4-1-5-6(14-3-13-5)2-7(4)15-8(10,11)12/h1-3H,(H,13,14). The maximum atomic E-state index is 13.1. The third kappa shape index (κ3) is 2.00. The van der Waals surface area contributed by atoms with E-state index < -0.39 is 17.9 Å². The average molecular weight is 220 g/mol. The lowest BCUT2D eigenvalue weighted by Crippen LogP contribution is -2.17. The maximum Gasteiger partial charge on any atom is 0.573 e. The van der Waals surface area contributed by atoms with Crippen molar-refractivity contribution in [1.82, 2.24) is 9.97 Å². The number of hydrogen-bond donors (Lipinski definition) is 1. The fraction of sp³-hybridized carbons (Fsp3) is 0.125. The van der Waals surface area contributed by atoms with Gasteiger partial charge < -0.3 is 9.72 Å². The molecular formula is C8H4F4N2O. The Labute approximate surface area is 80.7 Å². The van der Waals surface area contributed by atoms with Crippen LogP contribution < -0.4 is 4.74 Å². The first-order valence-electron chi connectivity index (χ1n) is 3.84. The molecule has 0 amide bonds. The van der Waals surface area contributed by atoms with Gasteiger partial charge in [0.05, 0.1) is 17.4 Å². The van der Waals surface area contributed by atoms with Crippen molar-refractivity contribution in [2.45, 2.75) is 6.36 Å². The normalized spacial score (nSPS) is 12.0. The van der Waals surface area contributed by atoms with Gasteiger partial charge in [-0.2, -0.15) is 0 Å². The molecule has 0 radical (unpaired) electrons. The molecule has 0 aliphatic rings. The first-order valence-corrected chi connectivity index (χ1v) is 3.84. The molecule has 1 aromatic heterocycles. The van der Waals surface area contributed by atoms with E-state index in [0.717, 1.165) is 12.1 Å². The van der Waals surface area contributed by atoms with E-state index in [1.807, 2.05) is 0 Å². The maximum absolute atomic E-state index is 13.1. The van der Waals surface area contributed by atoms with Crippen molar-refractivity contribution in [3.8, 4) is 5.75 Å². The second kappa shape index (κ2) is 3.11. The van der Waals surface area contributed by atoms with Gasteiger partial charge in [-0.1, -0.05) is 0 Å². The fourth-order valence-corrected chi connectivity index (χ4v) is 1.14. The van der Waals surface area contributed by atoms with Crippen LogP contribution >= 0.6 is 0 Å². The van der Waals surface area contributed by atoms with Crippen LogP contribution in [-0.4, -0.2) is 16.3 Å². The SMILES string of the molecule is Fc1cc2[nH]cnc2cc1OC(F)(F)F. The van der Waals surface area contributed by atoms with Gasteiger partial charge >= 0.3 is 6.36 Å². The van der Waals surface area contributed by atoms with E-state index in [0.29, 0.717) is 5.52 Å². The molecule has 0 aliphatic carbocycles. The lowest BCUT2D eigenvalue weighted by atomic mass is 10.3. The van der Waals surface area contributed by atoms with Crippen molar-refractivity contribution < 1.29 is 22.3 Å².